The van der Waals surface area contributed by atoms with Crippen LogP contribution in [0, 0.1) is 5.41 Å². The van der Waals surface area contributed by atoms with Crippen LogP contribution in [0.25, 0.3) is 0 Å². The minimum Gasteiger partial charge on any atom is -0.465 e. The molecule has 0 aliphatic carbocycles. The van der Waals surface area contributed by atoms with E-state index in [-0.39, 0.29) is 5.97 Å². The number of hydrogen-bond donors (Lipinski definition) is 0. The zero-order chi connectivity index (χ0) is 10.5. The highest BCUT2D eigenvalue weighted by atomic mass is 16.5. The van der Waals surface area contributed by atoms with E-state index in [2.05, 4.69) is 6.58 Å². The zero-order valence-electron chi connectivity index (χ0n) is 8.89. The van der Waals surface area contributed by atoms with Crippen molar-refractivity contribution in [1.82, 2.24) is 0 Å². The van der Waals surface area contributed by atoms with E-state index < -0.39 is 5.41 Å². The highest BCUT2D eigenvalue weighted by molar-refractivity contribution is 5.78. The van der Waals surface area contributed by atoms with Crippen molar-refractivity contribution in [2.45, 2.75) is 27.7 Å². The average molecular weight is 182 g/mol. The molecule has 0 rings (SSSR count). The highest BCUT2D eigenvalue weighted by Crippen LogP contribution is 2.21. The molecule has 13 heavy (non-hydrogen) atoms. The summed E-state index contributed by atoms with van der Waals surface area (Å²) in [7, 11) is 0. The molecule has 0 amide bonds. The number of ether oxygens (including phenoxy) is 1. The van der Waals surface area contributed by atoms with Crippen LogP contribution in [0.1, 0.15) is 27.7 Å². The predicted molar refractivity (Wildman–Crippen MR) is 54.4 cm³/mol. The maximum atomic E-state index is 11.4. The van der Waals surface area contributed by atoms with Crippen molar-refractivity contribution in [1.29, 1.82) is 0 Å². The summed E-state index contributed by atoms with van der Waals surface area (Å²) < 4.78 is 4.93. The van der Waals surface area contributed by atoms with Gasteiger partial charge in [0.1, 0.15) is 0 Å². The van der Waals surface area contributed by atoms with Crippen LogP contribution in [0.5, 0.6) is 0 Å². The van der Waals surface area contributed by atoms with Gasteiger partial charge in [-0.05, 0) is 27.7 Å². The molecular formula is C11H18O2. The van der Waals surface area contributed by atoms with Crippen LogP contribution in [0.2, 0.25) is 0 Å². The van der Waals surface area contributed by atoms with E-state index in [9.17, 15) is 4.79 Å². The lowest BCUT2D eigenvalue weighted by atomic mass is 9.91. The van der Waals surface area contributed by atoms with Crippen LogP contribution in [-0.4, -0.2) is 12.6 Å². The third kappa shape index (κ3) is 3.92. The Labute approximate surface area is 80.3 Å². The lowest BCUT2D eigenvalue weighted by molar-refractivity contribution is -0.150. The Bertz CT molecular complexity index is 224. The number of carbonyl (C=O) groups is 1. The van der Waals surface area contributed by atoms with Crippen LogP contribution in [-0.2, 0) is 9.53 Å². The van der Waals surface area contributed by atoms with Crippen molar-refractivity contribution in [3.63, 3.8) is 0 Å². The summed E-state index contributed by atoms with van der Waals surface area (Å²) in [4.78, 5) is 11.4. The van der Waals surface area contributed by atoms with Gasteiger partial charge in [-0.25, -0.2) is 0 Å². The maximum absolute atomic E-state index is 11.4. The van der Waals surface area contributed by atoms with E-state index in [1.54, 1.807) is 13.0 Å². The van der Waals surface area contributed by atoms with Crippen LogP contribution in [0.15, 0.2) is 24.3 Å². The Balaban J connectivity index is 4.55. The van der Waals surface area contributed by atoms with Gasteiger partial charge < -0.3 is 4.74 Å². The van der Waals surface area contributed by atoms with Crippen molar-refractivity contribution in [3.8, 4) is 0 Å². The monoisotopic (exact) mass is 182 g/mol. The zero-order valence-corrected chi connectivity index (χ0v) is 8.89. The normalized spacial score (nSPS) is 12.5. The molecule has 0 aromatic heterocycles. The summed E-state index contributed by atoms with van der Waals surface area (Å²) >= 11 is 0. The van der Waals surface area contributed by atoms with Gasteiger partial charge in [-0.1, -0.05) is 24.3 Å². The van der Waals surface area contributed by atoms with E-state index in [0.29, 0.717) is 6.61 Å². The van der Waals surface area contributed by atoms with Gasteiger partial charge in [-0.2, -0.15) is 0 Å². The van der Waals surface area contributed by atoms with E-state index in [0.717, 1.165) is 5.57 Å². The molecule has 0 spiro atoms. The highest BCUT2D eigenvalue weighted by Gasteiger charge is 2.26. The number of carbonyl (C=O) groups excluding carboxylic acids is 1. The summed E-state index contributed by atoms with van der Waals surface area (Å²) in [6, 6.07) is 0. The molecule has 0 bridgehead atoms. The van der Waals surface area contributed by atoms with Gasteiger partial charge in [0.2, 0.25) is 0 Å². The molecule has 0 unspecified atom stereocenters. The van der Waals surface area contributed by atoms with E-state index >= 15 is 0 Å². The summed E-state index contributed by atoms with van der Waals surface area (Å²) in [5, 5.41) is 0. The number of esters is 1. The smallest absolute Gasteiger partial charge is 0.315 e. The van der Waals surface area contributed by atoms with E-state index in [1.165, 1.54) is 0 Å². The van der Waals surface area contributed by atoms with Gasteiger partial charge in [-0.3, -0.25) is 4.79 Å². The van der Waals surface area contributed by atoms with Gasteiger partial charge in [-0.15, -0.1) is 0 Å². The van der Waals surface area contributed by atoms with Crippen LogP contribution in [0.4, 0.5) is 0 Å². The fourth-order valence-corrected chi connectivity index (χ4v) is 1.00. The topological polar surface area (TPSA) is 26.3 Å². The van der Waals surface area contributed by atoms with Crippen LogP contribution >= 0.6 is 0 Å². The summed E-state index contributed by atoms with van der Waals surface area (Å²) in [5.41, 5.74) is 0.423. The Morgan fingerprint density at radius 2 is 2.08 bits per heavy atom. The average Bonchev–Trinajstić information content (AvgIpc) is 2.04. The standard InChI is InChI=1S/C11H18O2/c1-6-9(3)8-11(4,5)10(12)13-7-2/h6,8H,1,7H2,2-5H3/b9-8+. The first-order chi connectivity index (χ1) is 5.94. The molecular weight excluding hydrogens is 164 g/mol. The SMILES string of the molecule is C=C/C(C)=C/C(C)(C)C(=O)OCC. The Morgan fingerprint density at radius 1 is 1.54 bits per heavy atom. The largest absolute Gasteiger partial charge is 0.465 e. The molecule has 0 saturated carbocycles. The van der Waals surface area contributed by atoms with Gasteiger partial charge in [0.25, 0.3) is 0 Å². The minimum absolute atomic E-state index is 0.198. The molecule has 2 nitrogen and oxygen atoms in total. The number of rotatable bonds is 4. The lowest BCUT2D eigenvalue weighted by Gasteiger charge is -2.18. The molecule has 0 aliphatic rings. The van der Waals surface area contributed by atoms with Crippen molar-refractivity contribution >= 4 is 5.97 Å². The number of allylic oxidation sites excluding steroid dienone is 2. The summed E-state index contributed by atoms with van der Waals surface area (Å²) in [5.74, 6) is -0.198. The third-order valence-corrected chi connectivity index (χ3v) is 1.71. The van der Waals surface area contributed by atoms with Crippen LogP contribution < -0.4 is 0 Å². The molecule has 0 radical (unpaired) electrons. The molecule has 0 heterocycles. The van der Waals surface area contributed by atoms with Gasteiger partial charge in [0.15, 0.2) is 0 Å². The third-order valence-electron chi connectivity index (χ3n) is 1.71. The summed E-state index contributed by atoms with van der Waals surface area (Å²) in [6.45, 7) is 11.4. The molecule has 0 N–H and O–H groups in total. The predicted octanol–water partition coefficient (Wildman–Crippen LogP) is 2.71. The van der Waals surface area contributed by atoms with Gasteiger partial charge in [0.05, 0.1) is 12.0 Å². The molecule has 74 valence electrons. The van der Waals surface area contributed by atoms with Gasteiger partial charge in [0, 0.05) is 0 Å². The second kappa shape index (κ2) is 4.85. The van der Waals surface area contributed by atoms with Gasteiger partial charge >= 0.3 is 5.97 Å². The molecule has 0 atom stereocenters. The lowest BCUT2D eigenvalue weighted by Crippen LogP contribution is -2.24. The quantitative estimate of drug-likeness (QED) is 0.493. The first-order valence-corrected chi connectivity index (χ1v) is 4.43. The second-order valence-corrected chi connectivity index (χ2v) is 3.53. The fraction of sp³-hybridized carbons (Fsp3) is 0.545. The van der Waals surface area contributed by atoms with Crippen LogP contribution in [0.3, 0.4) is 0 Å². The molecule has 0 saturated heterocycles. The second-order valence-electron chi connectivity index (χ2n) is 3.53. The molecule has 0 aliphatic heterocycles. The first-order valence-electron chi connectivity index (χ1n) is 4.43. The van der Waals surface area contributed by atoms with E-state index in [1.807, 2.05) is 26.8 Å². The number of hydrogen-bond acceptors (Lipinski definition) is 2. The van der Waals surface area contributed by atoms with Crippen molar-refractivity contribution in [3.05, 3.63) is 24.3 Å². The molecule has 2 heteroatoms. The Hall–Kier alpha value is -1.05. The van der Waals surface area contributed by atoms with Crippen molar-refractivity contribution in [2.75, 3.05) is 6.61 Å². The van der Waals surface area contributed by atoms with Crippen molar-refractivity contribution in [2.24, 2.45) is 5.41 Å². The maximum Gasteiger partial charge on any atom is 0.315 e. The molecule has 0 aromatic carbocycles. The Morgan fingerprint density at radius 3 is 2.46 bits per heavy atom. The first kappa shape index (κ1) is 11.9. The van der Waals surface area contributed by atoms with E-state index in [4.69, 9.17) is 4.74 Å². The molecule has 0 fully saturated rings. The minimum atomic E-state index is -0.561. The molecule has 0 aromatic rings. The summed E-state index contributed by atoms with van der Waals surface area (Å²) in [6.07, 6.45) is 3.58. The Kier molecular flexibility index (Phi) is 4.46. The fourth-order valence-electron chi connectivity index (χ4n) is 1.00. The van der Waals surface area contributed by atoms with Crippen molar-refractivity contribution < 1.29 is 9.53 Å².